The Labute approximate surface area is 112 Å². The van der Waals surface area contributed by atoms with E-state index in [4.69, 9.17) is 4.42 Å². The van der Waals surface area contributed by atoms with E-state index in [1.165, 1.54) is 6.42 Å². The number of anilines is 1. The minimum absolute atomic E-state index is 0.677. The van der Waals surface area contributed by atoms with Gasteiger partial charge in [-0.1, -0.05) is 0 Å². The van der Waals surface area contributed by atoms with Crippen molar-refractivity contribution in [3.8, 4) is 11.3 Å². The van der Waals surface area contributed by atoms with E-state index in [1.54, 1.807) is 12.4 Å². The molecule has 5 heteroatoms. The van der Waals surface area contributed by atoms with E-state index < -0.39 is 0 Å². The zero-order valence-corrected chi connectivity index (χ0v) is 11.0. The predicted octanol–water partition coefficient (Wildman–Crippen LogP) is 2.07. The third kappa shape index (κ3) is 2.93. The normalized spacial score (nSPS) is 18.7. The molecule has 100 valence electrons. The summed E-state index contributed by atoms with van der Waals surface area (Å²) in [5.41, 5.74) is 0.904. The quantitative estimate of drug-likeness (QED) is 0.879. The first kappa shape index (κ1) is 12.2. The summed E-state index contributed by atoms with van der Waals surface area (Å²) in [6.45, 7) is 5.04. The van der Waals surface area contributed by atoms with Crippen LogP contribution in [-0.4, -0.2) is 29.6 Å². The summed E-state index contributed by atoms with van der Waals surface area (Å²) in [6.07, 6.45) is 4.80. The zero-order valence-electron chi connectivity index (χ0n) is 11.0. The molecule has 0 aromatic carbocycles. The van der Waals surface area contributed by atoms with Crippen LogP contribution in [0.5, 0.6) is 0 Å². The van der Waals surface area contributed by atoms with Crippen LogP contribution in [0.1, 0.15) is 12.2 Å². The lowest BCUT2D eigenvalue weighted by atomic mass is 10.1. The van der Waals surface area contributed by atoms with Gasteiger partial charge in [0.25, 0.3) is 0 Å². The van der Waals surface area contributed by atoms with Crippen LogP contribution in [0.4, 0.5) is 5.95 Å². The Morgan fingerprint density at radius 1 is 1.37 bits per heavy atom. The Kier molecular flexibility index (Phi) is 3.46. The van der Waals surface area contributed by atoms with Crippen molar-refractivity contribution in [2.45, 2.75) is 13.3 Å². The fourth-order valence-electron chi connectivity index (χ4n) is 2.26. The minimum Gasteiger partial charge on any atom is -0.461 e. The predicted molar refractivity (Wildman–Crippen MR) is 73.9 cm³/mol. The Balaban J connectivity index is 1.62. The van der Waals surface area contributed by atoms with Crippen LogP contribution in [0, 0.1) is 12.8 Å². The van der Waals surface area contributed by atoms with Gasteiger partial charge >= 0.3 is 0 Å². The number of aromatic nitrogens is 2. The largest absolute Gasteiger partial charge is 0.461 e. The molecule has 2 aromatic heterocycles. The number of furan rings is 1. The average molecular weight is 258 g/mol. The van der Waals surface area contributed by atoms with E-state index in [0.717, 1.165) is 36.7 Å². The van der Waals surface area contributed by atoms with Crippen LogP contribution in [0.15, 0.2) is 28.9 Å². The Hall–Kier alpha value is -1.88. The maximum absolute atomic E-state index is 5.54. The molecule has 1 fully saturated rings. The number of aryl methyl sites for hydroxylation is 1. The fourth-order valence-corrected chi connectivity index (χ4v) is 2.26. The van der Waals surface area contributed by atoms with E-state index >= 15 is 0 Å². The molecule has 3 heterocycles. The van der Waals surface area contributed by atoms with Crippen molar-refractivity contribution < 1.29 is 4.42 Å². The molecule has 1 aliphatic rings. The number of nitrogens with one attached hydrogen (secondary N) is 2. The molecule has 2 aromatic rings. The van der Waals surface area contributed by atoms with Gasteiger partial charge in [-0.3, -0.25) is 0 Å². The fraction of sp³-hybridized carbons (Fsp3) is 0.429. The highest BCUT2D eigenvalue weighted by molar-refractivity contribution is 5.55. The molecule has 1 saturated heterocycles. The van der Waals surface area contributed by atoms with Gasteiger partial charge < -0.3 is 15.1 Å². The second kappa shape index (κ2) is 5.40. The number of nitrogens with zero attached hydrogens (tertiary/aromatic N) is 2. The molecule has 3 rings (SSSR count). The van der Waals surface area contributed by atoms with Crippen molar-refractivity contribution in [2.75, 3.05) is 25.0 Å². The summed E-state index contributed by atoms with van der Waals surface area (Å²) in [4.78, 5) is 8.65. The van der Waals surface area contributed by atoms with Gasteiger partial charge in [0.1, 0.15) is 11.5 Å². The maximum Gasteiger partial charge on any atom is 0.222 e. The summed E-state index contributed by atoms with van der Waals surface area (Å²) in [5, 5.41) is 6.63. The summed E-state index contributed by atoms with van der Waals surface area (Å²) >= 11 is 0. The third-order valence-electron chi connectivity index (χ3n) is 3.39. The standard InChI is InChI=1S/C14H18N4O/c1-10-2-3-13(19-10)12-8-17-14(18-9-12)16-7-11-4-5-15-6-11/h2-3,8-9,11,15H,4-7H2,1H3,(H,16,17,18). The van der Waals surface area contributed by atoms with Crippen LogP contribution in [0.25, 0.3) is 11.3 Å². The van der Waals surface area contributed by atoms with E-state index in [9.17, 15) is 0 Å². The molecule has 2 N–H and O–H groups in total. The Bertz CT molecular complexity index is 529. The maximum atomic E-state index is 5.54. The van der Waals surface area contributed by atoms with Crippen molar-refractivity contribution in [2.24, 2.45) is 5.92 Å². The molecule has 0 spiro atoms. The molecule has 0 aliphatic carbocycles. The first-order valence-corrected chi connectivity index (χ1v) is 6.65. The van der Waals surface area contributed by atoms with E-state index in [-0.39, 0.29) is 0 Å². The summed E-state index contributed by atoms with van der Waals surface area (Å²) in [5.74, 6) is 3.06. The van der Waals surface area contributed by atoms with Gasteiger partial charge in [-0.15, -0.1) is 0 Å². The SMILES string of the molecule is Cc1ccc(-c2cnc(NCC3CCNC3)nc2)o1. The zero-order chi connectivity index (χ0) is 13.1. The molecule has 0 radical (unpaired) electrons. The van der Waals surface area contributed by atoms with Gasteiger partial charge in [-0.25, -0.2) is 9.97 Å². The van der Waals surface area contributed by atoms with Crippen molar-refractivity contribution in [3.05, 3.63) is 30.3 Å². The van der Waals surface area contributed by atoms with E-state index in [2.05, 4.69) is 20.6 Å². The molecule has 0 amide bonds. The van der Waals surface area contributed by atoms with Crippen LogP contribution in [-0.2, 0) is 0 Å². The van der Waals surface area contributed by atoms with E-state index in [0.29, 0.717) is 11.9 Å². The van der Waals surface area contributed by atoms with Crippen molar-refractivity contribution in [3.63, 3.8) is 0 Å². The molecule has 5 nitrogen and oxygen atoms in total. The lowest BCUT2D eigenvalue weighted by Gasteiger charge is -2.09. The van der Waals surface area contributed by atoms with Crippen molar-refractivity contribution in [1.82, 2.24) is 15.3 Å². The van der Waals surface area contributed by atoms with E-state index in [1.807, 2.05) is 19.1 Å². The van der Waals surface area contributed by atoms with Gasteiger partial charge in [0.05, 0.1) is 5.56 Å². The highest BCUT2D eigenvalue weighted by Crippen LogP contribution is 2.20. The van der Waals surface area contributed by atoms with Gasteiger partial charge in [-0.2, -0.15) is 0 Å². The molecule has 1 aliphatic heterocycles. The first-order valence-electron chi connectivity index (χ1n) is 6.65. The molecule has 0 saturated carbocycles. The number of rotatable bonds is 4. The number of hydrogen-bond donors (Lipinski definition) is 2. The molecule has 0 bridgehead atoms. The Morgan fingerprint density at radius 2 is 2.21 bits per heavy atom. The molecule has 1 unspecified atom stereocenters. The molecule has 19 heavy (non-hydrogen) atoms. The van der Waals surface area contributed by atoms with Gasteiger partial charge in [0.2, 0.25) is 5.95 Å². The van der Waals surface area contributed by atoms with Crippen LogP contribution < -0.4 is 10.6 Å². The van der Waals surface area contributed by atoms with Gasteiger partial charge in [0.15, 0.2) is 0 Å². The average Bonchev–Trinajstić information content (AvgIpc) is 3.08. The first-order chi connectivity index (χ1) is 9.31. The molecular weight excluding hydrogens is 240 g/mol. The Morgan fingerprint density at radius 3 is 2.84 bits per heavy atom. The lowest BCUT2D eigenvalue weighted by Crippen LogP contribution is -2.18. The second-order valence-corrected chi connectivity index (χ2v) is 4.95. The monoisotopic (exact) mass is 258 g/mol. The van der Waals surface area contributed by atoms with Crippen LogP contribution in [0.3, 0.4) is 0 Å². The second-order valence-electron chi connectivity index (χ2n) is 4.95. The smallest absolute Gasteiger partial charge is 0.222 e. The van der Waals surface area contributed by atoms with Gasteiger partial charge in [-0.05, 0) is 44.5 Å². The third-order valence-corrected chi connectivity index (χ3v) is 3.39. The number of hydrogen-bond acceptors (Lipinski definition) is 5. The van der Waals surface area contributed by atoms with Gasteiger partial charge in [0, 0.05) is 18.9 Å². The minimum atomic E-state index is 0.677. The van der Waals surface area contributed by atoms with Crippen LogP contribution in [0.2, 0.25) is 0 Å². The van der Waals surface area contributed by atoms with Crippen molar-refractivity contribution in [1.29, 1.82) is 0 Å². The van der Waals surface area contributed by atoms with Crippen LogP contribution >= 0.6 is 0 Å². The summed E-state index contributed by atoms with van der Waals surface area (Å²) in [7, 11) is 0. The molecular formula is C14H18N4O. The summed E-state index contributed by atoms with van der Waals surface area (Å²) < 4.78 is 5.54. The van der Waals surface area contributed by atoms with Crippen molar-refractivity contribution >= 4 is 5.95 Å². The lowest BCUT2D eigenvalue weighted by molar-refractivity contribution is 0.548. The molecule has 1 atom stereocenters. The topological polar surface area (TPSA) is 63.0 Å². The highest BCUT2D eigenvalue weighted by Gasteiger charge is 2.14. The summed E-state index contributed by atoms with van der Waals surface area (Å²) in [6, 6.07) is 3.87. The highest BCUT2D eigenvalue weighted by atomic mass is 16.3.